The number of aromatic nitrogens is 2. The number of hydrogen-bond donors (Lipinski definition) is 2. The summed E-state index contributed by atoms with van der Waals surface area (Å²) in [6.45, 7) is 6.85. The lowest BCUT2D eigenvalue weighted by Gasteiger charge is -2.20. The number of nitrogens with two attached hydrogens (primary N) is 1. The summed E-state index contributed by atoms with van der Waals surface area (Å²) in [4.78, 5) is 0. The highest BCUT2D eigenvalue weighted by Gasteiger charge is 2.20. The second-order valence-corrected chi connectivity index (χ2v) is 6.27. The molecule has 0 bridgehead atoms. The zero-order valence-corrected chi connectivity index (χ0v) is 14.8. The van der Waals surface area contributed by atoms with Crippen molar-refractivity contribution >= 4 is 27.5 Å². The minimum absolute atomic E-state index is 0.0126. The first-order chi connectivity index (χ1) is 9.99. The highest BCUT2D eigenvalue weighted by atomic mass is 79.9. The second-order valence-electron chi connectivity index (χ2n) is 5.04. The van der Waals surface area contributed by atoms with E-state index in [2.05, 4.69) is 46.4 Å². The second kappa shape index (κ2) is 6.92. The van der Waals surface area contributed by atoms with Crippen LogP contribution in [0.2, 0.25) is 5.02 Å². The Morgan fingerprint density at radius 1 is 1.43 bits per heavy atom. The molecule has 1 unspecified atom stereocenters. The van der Waals surface area contributed by atoms with Gasteiger partial charge in [0.2, 0.25) is 0 Å². The molecule has 114 valence electrons. The SMILES string of the molecule is CCn1nc(C)c(Cl)c1CC(NN)c1cccc(Br)c1C. The van der Waals surface area contributed by atoms with Gasteiger partial charge in [-0.25, -0.2) is 0 Å². The first-order valence-electron chi connectivity index (χ1n) is 6.92. The van der Waals surface area contributed by atoms with Crippen molar-refractivity contribution in [1.29, 1.82) is 0 Å². The summed E-state index contributed by atoms with van der Waals surface area (Å²) in [5.74, 6) is 5.78. The minimum atomic E-state index is -0.0126. The predicted octanol–water partition coefficient (Wildman–Crippen LogP) is 3.68. The molecule has 0 saturated carbocycles. The molecule has 0 amide bonds. The lowest BCUT2D eigenvalue weighted by Crippen LogP contribution is -2.31. The highest BCUT2D eigenvalue weighted by molar-refractivity contribution is 9.10. The van der Waals surface area contributed by atoms with Crippen LogP contribution in [0, 0.1) is 13.8 Å². The van der Waals surface area contributed by atoms with E-state index in [1.807, 2.05) is 23.7 Å². The van der Waals surface area contributed by atoms with Crippen LogP contribution in [0.3, 0.4) is 0 Å². The van der Waals surface area contributed by atoms with Crippen molar-refractivity contribution in [3.8, 4) is 0 Å². The molecule has 1 aromatic heterocycles. The molecule has 2 rings (SSSR count). The molecule has 0 saturated heterocycles. The largest absolute Gasteiger partial charge is 0.271 e. The first kappa shape index (κ1) is 16.5. The normalized spacial score (nSPS) is 12.7. The predicted molar refractivity (Wildman–Crippen MR) is 90.3 cm³/mol. The van der Waals surface area contributed by atoms with Crippen molar-refractivity contribution in [3.05, 3.63) is 50.2 Å². The molecule has 21 heavy (non-hydrogen) atoms. The maximum absolute atomic E-state index is 6.39. The molecule has 0 spiro atoms. The van der Waals surface area contributed by atoms with E-state index in [0.717, 1.165) is 33.0 Å². The van der Waals surface area contributed by atoms with Crippen LogP contribution in [-0.4, -0.2) is 9.78 Å². The fourth-order valence-corrected chi connectivity index (χ4v) is 3.11. The van der Waals surface area contributed by atoms with Crippen molar-refractivity contribution in [2.45, 2.75) is 39.8 Å². The van der Waals surface area contributed by atoms with E-state index < -0.39 is 0 Å². The van der Waals surface area contributed by atoms with E-state index >= 15 is 0 Å². The van der Waals surface area contributed by atoms with Gasteiger partial charge in [0, 0.05) is 17.4 Å². The summed E-state index contributed by atoms with van der Waals surface area (Å²) in [7, 11) is 0. The molecular formula is C15H20BrClN4. The van der Waals surface area contributed by atoms with Crippen LogP contribution in [-0.2, 0) is 13.0 Å². The van der Waals surface area contributed by atoms with Gasteiger partial charge in [-0.3, -0.25) is 16.0 Å². The fraction of sp³-hybridized carbons (Fsp3) is 0.400. The quantitative estimate of drug-likeness (QED) is 0.622. The molecule has 4 nitrogen and oxygen atoms in total. The number of hydrogen-bond acceptors (Lipinski definition) is 3. The summed E-state index contributed by atoms with van der Waals surface area (Å²) < 4.78 is 3.02. The molecule has 0 aliphatic rings. The fourth-order valence-electron chi connectivity index (χ4n) is 2.52. The Kier molecular flexibility index (Phi) is 5.43. The van der Waals surface area contributed by atoms with Gasteiger partial charge in [0.05, 0.1) is 22.5 Å². The Bertz CT molecular complexity index is 639. The average Bonchev–Trinajstić information content (AvgIpc) is 2.75. The van der Waals surface area contributed by atoms with Gasteiger partial charge >= 0.3 is 0 Å². The topological polar surface area (TPSA) is 55.9 Å². The van der Waals surface area contributed by atoms with Crippen LogP contribution < -0.4 is 11.3 Å². The van der Waals surface area contributed by atoms with Gasteiger partial charge in [-0.1, -0.05) is 39.7 Å². The third-order valence-electron chi connectivity index (χ3n) is 3.74. The molecule has 3 N–H and O–H groups in total. The lowest BCUT2D eigenvalue weighted by molar-refractivity contribution is 0.515. The van der Waals surface area contributed by atoms with Crippen molar-refractivity contribution in [1.82, 2.24) is 15.2 Å². The van der Waals surface area contributed by atoms with Crippen molar-refractivity contribution in [2.75, 3.05) is 0 Å². The molecule has 1 atom stereocenters. The van der Waals surface area contributed by atoms with Crippen LogP contribution in [0.5, 0.6) is 0 Å². The first-order valence-corrected chi connectivity index (χ1v) is 8.09. The Morgan fingerprint density at radius 3 is 2.76 bits per heavy atom. The molecule has 6 heteroatoms. The van der Waals surface area contributed by atoms with E-state index in [4.69, 9.17) is 17.4 Å². The van der Waals surface area contributed by atoms with E-state index in [0.29, 0.717) is 6.42 Å². The van der Waals surface area contributed by atoms with Crippen molar-refractivity contribution in [3.63, 3.8) is 0 Å². The maximum Gasteiger partial charge on any atom is 0.0847 e. The number of hydrazine groups is 1. The molecule has 2 aromatic rings. The minimum Gasteiger partial charge on any atom is -0.271 e. The van der Waals surface area contributed by atoms with Crippen LogP contribution in [0.15, 0.2) is 22.7 Å². The third-order valence-corrected chi connectivity index (χ3v) is 5.09. The van der Waals surface area contributed by atoms with Gasteiger partial charge in [-0.2, -0.15) is 5.10 Å². The molecular weight excluding hydrogens is 352 g/mol. The summed E-state index contributed by atoms with van der Waals surface area (Å²) in [6.07, 6.45) is 0.696. The molecule has 0 aliphatic heterocycles. The Hall–Kier alpha value is -0.880. The van der Waals surface area contributed by atoms with Gasteiger partial charge in [0.15, 0.2) is 0 Å². The zero-order chi connectivity index (χ0) is 15.6. The number of rotatable bonds is 5. The number of benzene rings is 1. The molecule has 0 fully saturated rings. The number of nitrogens with one attached hydrogen (secondary N) is 1. The summed E-state index contributed by atoms with van der Waals surface area (Å²) in [5, 5.41) is 5.18. The van der Waals surface area contributed by atoms with Gasteiger partial charge < -0.3 is 0 Å². The smallest absolute Gasteiger partial charge is 0.0847 e. The zero-order valence-electron chi connectivity index (χ0n) is 12.5. The van der Waals surface area contributed by atoms with E-state index in [1.54, 1.807) is 0 Å². The van der Waals surface area contributed by atoms with E-state index in [9.17, 15) is 0 Å². The third kappa shape index (κ3) is 3.31. The number of halogens is 2. The van der Waals surface area contributed by atoms with Crippen LogP contribution >= 0.6 is 27.5 Å². The summed E-state index contributed by atoms with van der Waals surface area (Å²) in [5.41, 5.74) is 7.11. The number of aryl methyl sites for hydroxylation is 2. The standard InChI is InChI=1S/C15H20BrClN4/c1-4-21-14(15(17)10(3)20-21)8-13(19-18)11-6-5-7-12(16)9(11)2/h5-7,13,19H,4,8,18H2,1-3H3. The highest BCUT2D eigenvalue weighted by Crippen LogP contribution is 2.29. The van der Waals surface area contributed by atoms with Gasteiger partial charge in [-0.15, -0.1) is 0 Å². The number of nitrogens with zero attached hydrogens (tertiary/aromatic N) is 2. The lowest BCUT2D eigenvalue weighted by atomic mass is 9.98. The van der Waals surface area contributed by atoms with Crippen LogP contribution in [0.25, 0.3) is 0 Å². The Morgan fingerprint density at radius 2 is 2.14 bits per heavy atom. The van der Waals surface area contributed by atoms with Gasteiger partial charge in [-0.05, 0) is 38.0 Å². The molecule has 1 heterocycles. The van der Waals surface area contributed by atoms with E-state index in [-0.39, 0.29) is 6.04 Å². The van der Waals surface area contributed by atoms with Gasteiger partial charge in [0.1, 0.15) is 0 Å². The van der Waals surface area contributed by atoms with E-state index in [1.165, 1.54) is 5.56 Å². The van der Waals surface area contributed by atoms with Crippen molar-refractivity contribution < 1.29 is 0 Å². The molecule has 0 aliphatic carbocycles. The Balaban J connectivity index is 2.38. The maximum atomic E-state index is 6.39. The molecule has 0 radical (unpaired) electrons. The summed E-state index contributed by atoms with van der Waals surface area (Å²) in [6, 6.07) is 6.11. The molecule has 1 aromatic carbocycles. The monoisotopic (exact) mass is 370 g/mol. The van der Waals surface area contributed by atoms with Crippen LogP contribution in [0.4, 0.5) is 0 Å². The van der Waals surface area contributed by atoms with Crippen LogP contribution in [0.1, 0.15) is 35.5 Å². The van der Waals surface area contributed by atoms with Gasteiger partial charge in [0.25, 0.3) is 0 Å². The summed E-state index contributed by atoms with van der Waals surface area (Å²) >= 11 is 9.95. The van der Waals surface area contributed by atoms with Crippen molar-refractivity contribution in [2.24, 2.45) is 5.84 Å². The Labute approximate surface area is 138 Å². The average molecular weight is 372 g/mol.